The van der Waals surface area contributed by atoms with Gasteiger partial charge in [0.05, 0.1) is 5.56 Å². The van der Waals surface area contributed by atoms with E-state index in [0.29, 0.717) is 19.5 Å². The van der Waals surface area contributed by atoms with E-state index in [2.05, 4.69) is 5.32 Å². The Morgan fingerprint density at radius 2 is 1.83 bits per heavy atom. The summed E-state index contributed by atoms with van der Waals surface area (Å²) >= 11 is 0. The van der Waals surface area contributed by atoms with Gasteiger partial charge in [0.25, 0.3) is 0 Å². The molecule has 1 atom stereocenters. The van der Waals surface area contributed by atoms with Gasteiger partial charge < -0.3 is 20.1 Å². The van der Waals surface area contributed by atoms with E-state index < -0.39 is 17.8 Å². The van der Waals surface area contributed by atoms with Gasteiger partial charge in [-0.15, -0.1) is 0 Å². The van der Waals surface area contributed by atoms with Crippen molar-refractivity contribution in [1.29, 1.82) is 0 Å². The van der Waals surface area contributed by atoms with Crippen LogP contribution in [0.4, 0.5) is 13.2 Å². The molecule has 0 saturated heterocycles. The number of carbonyl (C=O) groups excluding carboxylic acids is 2. The topological polar surface area (TPSA) is 78.9 Å². The van der Waals surface area contributed by atoms with Crippen molar-refractivity contribution in [3.05, 3.63) is 29.8 Å². The average Bonchev–Trinajstić information content (AvgIpc) is 2.70. The molecule has 0 aliphatic carbocycles. The van der Waals surface area contributed by atoms with E-state index in [1.54, 1.807) is 4.90 Å². The van der Waals surface area contributed by atoms with Gasteiger partial charge in [0.2, 0.25) is 11.8 Å². The number of aliphatic hydroxyl groups is 1. The molecule has 1 aromatic rings. The Morgan fingerprint density at radius 3 is 2.43 bits per heavy atom. The van der Waals surface area contributed by atoms with Crippen LogP contribution < -0.4 is 10.1 Å². The normalized spacial score (nSPS) is 12.3. The molecule has 0 aliphatic rings. The summed E-state index contributed by atoms with van der Waals surface area (Å²) in [5.74, 6) is -0.295. The van der Waals surface area contributed by atoms with Crippen LogP contribution in [0.1, 0.15) is 51.5 Å². The van der Waals surface area contributed by atoms with Crippen molar-refractivity contribution in [2.24, 2.45) is 0 Å². The molecule has 2 N–H and O–H groups in total. The summed E-state index contributed by atoms with van der Waals surface area (Å²) in [6.45, 7) is 5.07. The van der Waals surface area contributed by atoms with Crippen LogP contribution in [-0.4, -0.2) is 54.2 Å². The molecule has 2 amide bonds. The number of nitrogens with one attached hydrogen (secondary N) is 1. The van der Waals surface area contributed by atoms with Gasteiger partial charge in [-0.3, -0.25) is 9.59 Å². The number of halogens is 3. The van der Waals surface area contributed by atoms with E-state index in [9.17, 15) is 27.9 Å². The molecule has 0 bridgehead atoms. The van der Waals surface area contributed by atoms with Crippen LogP contribution in [0.5, 0.6) is 5.75 Å². The lowest BCUT2D eigenvalue weighted by atomic mass is 10.2. The monoisotopic (exact) mass is 432 g/mol. The van der Waals surface area contributed by atoms with Crippen LogP contribution >= 0.6 is 0 Å². The molecule has 0 heterocycles. The third-order valence-corrected chi connectivity index (χ3v) is 4.27. The SMILES string of the molecule is CCCN(CCC)C(=O)CCCC(=O)NCC(O)COc1cccc(C(F)(F)F)c1. The summed E-state index contributed by atoms with van der Waals surface area (Å²) in [6, 6.07) is 4.36. The van der Waals surface area contributed by atoms with Crippen molar-refractivity contribution in [3.8, 4) is 5.75 Å². The zero-order valence-electron chi connectivity index (χ0n) is 17.5. The minimum Gasteiger partial charge on any atom is -0.491 e. The second-order valence-corrected chi connectivity index (χ2v) is 7.03. The van der Waals surface area contributed by atoms with E-state index in [4.69, 9.17) is 4.74 Å². The van der Waals surface area contributed by atoms with E-state index >= 15 is 0 Å². The number of hydrogen-bond acceptors (Lipinski definition) is 4. The molecule has 6 nitrogen and oxygen atoms in total. The molecular weight excluding hydrogens is 401 g/mol. The number of rotatable bonds is 13. The van der Waals surface area contributed by atoms with Gasteiger partial charge in [-0.2, -0.15) is 13.2 Å². The number of aliphatic hydroxyl groups excluding tert-OH is 1. The first kappa shape index (κ1) is 25.7. The first-order valence-corrected chi connectivity index (χ1v) is 10.2. The van der Waals surface area contributed by atoms with Gasteiger partial charge in [-0.05, 0) is 37.5 Å². The van der Waals surface area contributed by atoms with Crippen LogP contribution in [0, 0.1) is 0 Å². The number of ether oxygens (including phenoxy) is 1. The molecule has 0 aromatic heterocycles. The Morgan fingerprint density at radius 1 is 1.17 bits per heavy atom. The van der Waals surface area contributed by atoms with Gasteiger partial charge in [-0.1, -0.05) is 19.9 Å². The molecule has 0 saturated carbocycles. The molecule has 0 aliphatic heterocycles. The molecule has 0 fully saturated rings. The Bertz CT molecular complexity index is 662. The quantitative estimate of drug-likeness (QED) is 0.501. The summed E-state index contributed by atoms with van der Waals surface area (Å²) in [5.41, 5.74) is -0.839. The summed E-state index contributed by atoms with van der Waals surface area (Å²) in [4.78, 5) is 25.8. The first-order valence-electron chi connectivity index (χ1n) is 10.2. The number of alkyl halides is 3. The molecule has 30 heavy (non-hydrogen) atoms. The molecule has 0 spiro atoms. The van der Waals surface area contributed by atoms with Crippen molar-refractivity contribution < 1.29 is 32.6 Å². The zero-order chi connectivity index (χ0) is 22.6. The molecule has 0 radical (unpaired) electrons. The predicted molar refractivity (Wildman–Crippen MR) is 107 cm³/mol. The van der Waals surface area contributed by atoms with Gasteiger partial charge in [0.1, 0.15) is 18.5 Å². The second kappa shape index (κ2) is 13.1. The lowest BCUT2D eigenvalue weighted by Crippen LogP contribution is -2.35. The summed E-state index contributed by atoms with van der Waals surface area (Å²) in [7, 11) is 0. The largest absolute Gasteiger partial charge is 0.491 e. The average molecular weight is 432 g/mol. The van der Waals surface area contributed by atoms with Crippen molar-refractivity contribution in [2.75, 3.05) is 26.2 Å². The van der Waals surface area contributed by atoms with Crippen LogP contribution in [0.25, 0.3) is 0 Å². The fourth-order valence-corrected chi connectivity index (χ4v) is 2.79. The number of nitrogens with zero attached hydrogens (tertiary/aromatic N) is 1. The maximum absolute atomic E-state index is 12.7. The minimum atomic E-state index is -4.47. The summed E-state index contributed by atoms with van der Waals surface area (Å²) in [6.07, 6.45) is -2.94. The van der Waals surface area contributed by atoms with E-state index in [-0.39, 0.29) is 43.6 Å². The number of carbonyl (C=O) groups is 2. The standard InChI is InChI=1S/C21H31F3N2O4/c1-3-11-26(12-4-2)20(29)10-6-9-19(28)25-14-17(27)15-30-18-8-5-7-16(13-18)21(22,23)24/h5,7-8,13,17,27H,3-4,6,9-12,14-15H2,1-2H3,(H,25,28). The Labute approximate surface area is 175 Å². The fraction of sp³-hybridized carbons (Fsp3) is 0.619. The highest BCUT2D eigenvalue weighted by molar-refractivity contribution is 5.79. The summed E-state index contributed by atoms with van der Waals surface area (Å²) in [5, 5.41) is 12.4. The highest BCUT2D eigenvalue weighted by Gasteiger charge is 2.30. The van der Waals surface area contributed by atoms with E-state index in [1.807, 2.05) is 13.8 Å². The van der Waals surface area contributed by atoms with Crippen molar-refractivity contribution in [1.82, 2.24) is 10.2 Å². The summed E-state index contributed by atoms with van der Waals surface area (Å²) < 4.78 is 43.2. The fourth-order valence-electron chi connectivity index (χ4n) is 2.79. The molecule has 170 valence electrons. The van der Waals surface area contributed by atoms with Crippen molar-refractivity contribution in [3.63, 3.8) is 0 Å². The van der Waals surface area contributed by atoms with Gasteiger partial charge in [-0.25, -0.2) is 0 Å². The number of hydrogen-bond donors (Lipinski definition) is 2. The Hall–Kier alpha value is -2.29. The van der Waals surface area contributed by atoms with Gasteiger partial charge >= 0.3 is 6.18 Å². The highest BCUT2D eigenvalue weighted by Crippen LogP contribution is 2.31. The van der Waals surface area contributed by atoms with Gasteiger partial charge in [0.15, 0.2) is 0 Å². The Balaban J connectivity index is 2.29. The van der Waals surface area contributed by atoms with Crippen LogP contribution in [0.15, 0.2) is 24.3 Å². The highest BCUT2D eigenvalue weighted by atomic mass is 19.4. The molecule has 1 aromatic carbocycles. The van der Waals surface area contributed by atoms with Gasteiger partial charge in [0, 0.05) is 32.5 Å². The maximum Gasteiger partial charge on any atom is 0.416 e. The van der Waals surface area contributed by atoms with E-state index in [0.717, 1.165) is 25.0 Å². The second-order valence-electron chi connectivity index (χ2n) is 7.03. The van der Waals surface area contributed by atoms with Crippen molar-refractivity contribution >= 4 is 11.8 Å². The third-order valence-electron chi connectivity index (χ3n) is 4.27. The van der Waals surface area contributed by atoms with Crippen LogP contribution in [0.2, 0.25) is 0 Å². The van der Waals surface area contributed by atoms with Crippen LogP contribution in [-0.2, 0) is 15.8 Å². The minimum absolute atomic E-state index is 0.0163. The maximum atomic E-state index is 12.7. The zero-order valence-corrected chi connectivity index (χ0v) is 17.5. The molecule has 1 rings (SSSR count). The lowest BCUT2D eigenvalue weighted by Gasteiger charge is -2.21. The predicted octanol–water partition coefficient (Wildman–Crippen LogP) is 3.38. The van der Waals surface area contributed by atoms with Crippen LogP contribution in [0.3, 0.4) is 0 Å². The smallest absolute Gasteiger partial charge is 0.416 e. The number of benzene rings is 1. The third kappa shape index (κ3) is 9.96. The molecule has 9 heteroatoms. The van der Waals surface area contributed by atoms with E-state index in [1.165, 1.54) is 12.1 Å². The first-order chi connectivity index (χ1) is 14.2. The van der Waals surface area contributed by atoms with Crippen molar-refractivity contribution in [2.45, 2.75) is 58.2 Å². The number of amides is 2. The molecule has 1 unspecified atom stereocenters. The Kier molecular flexibility index (Phi) is 11.2. The molecular formula is C21H31F3N2O4. The lowest BCUT2D eigenvalue weighted by molar-refractivity contribution is -0.137.